The maximum Gasteiger partial charge on any atom is 0.389 e. The molecule has 17 heavy (non-hydrogen) atoms. The van der Waals surface area contributed by atoms with Gasteiger partial charge in [-0.25, -0.2) is 4.39 Å². The van der Waals surface area contributed by atoms with Crippen LogP contribution in [0.1, 0.15) is 31.4 Å². The molecule has 0 bridgehead atoms. The van der Waals surface area contributed by atoms with E-state index in [-0.39, 0.29) is 24.8 Å². The molecule has 1 aromatic carbocycles. The van der Waals surface area contributed by atoms with Crippen molar-refractivity contribution < 1.29 is 17.6 Å². The van der Waals surface area contributed by atoms with Crippen LogP contribution in [0.2, 0.25) is 0 Å². The lowest BCUT2D eigenvalue weighted by molar-refractivity contribution is -0.135. The van der Waals surface area contributed by atoms with Gasteiger partial charge in [0.25, 0.3) is 0 Å². The average molecular weight is 249 g/mol. The molecule has 0 radical (unpaired) electrons. The first-order valence-corrected chi connectivity index (χ1v) is 5.44. The van der Waals surface area contributed by atoms with Gasteiger partial charge in [0.1, 0.15) is 5.82 Å². The van der Waals surface area contributed by atoms with Crippen molar-refractivity contribution in [2.75, 3.05) is 6.54 Å². The van der Waals surface area contributed by atoms with Crippen LogP contribution in [0.25, 0.3) is 0 Å². The Kier molecular flexibility index (Phi) is 4.93. The first kappa shape index (κ1) is 14.0. The van der Waals surface area contributed by atoms with E-state index in [0.717, 1.165) is 5.56 Å². The summed E-state index contributed by atoms with van der Waals surface area (Å²) in [6.07, 6.45) is -4.87. The van der Waals surface area contributed by atoms with Crippen LogP contribution < -0.4 is 5.32 Å². The van der Waals surface area contributed by atoms with Crippen molar-refractivity contribution in [3.8, 4) is 0 Å². The van der Waals surface area contributed by atoms with Crippen LogP contribution in [-0.4, -0.2) is 12.7 Å². The van der Waals surface area contributed by atoms with Gasteiger partial charge in [0.05, 0.1) is 0 Å². The molecule has 0 unspecified atom stereocenters. The van der Waals surface area contributed by atoms with Crippen LogP contribution in [0.3, 0.4) is 0 Å². The molecule has 1 nitrogen and oxygen atoms in total. The van der Waals surface area contributed by atoms with Crippen molar-refractivity contribution in [1.29, 1.82) is 0 Å². The Bertz CT molecular complexity index is 349. The normalized spacial score (nSPS) is 13.7. The van der Waals surface area contributed by atoms with Gasteiger partial charge in [-0.1, -0.05) is 12.1 Å². The zero-order valence-corrected chi connectivity index (χ0v) is 9.52. The standard InChI is InChI=1S/C12H15F4N/c1-9(10-4-2-5-11(13)8-10)17-7-3-6-12(14,15)16/h2,4-5,8-9,17H,3,6-7H2,1H3/t9-/m1/s1. The van der Waals surface area contributed by atoms with Gasteiger partial charge in [0.2, 0.25) is 0 Å². The van der Waals surface area contributed by atoms with Gasteiger partial charge < -0.3 is 5.32 Å². The lowest BCUT2D eigenvalue weighted by Crippen LogP contribution is -2.21. The van der Waals surface area contributed by atoms with Gasteiger partial charge >= 0.3 is 6.18 Å². The Morgan fingerprint density at radius 3 is 2.59 bits per heavy atom. The Balaban J connectivity index is 2.33. The highest BCUT2D eigenvalue weighted by atomic mass is 19.4. The summed E-state index contributed by atoms with van der Waals surface area (Å²) in [6.45, 7) is 2.06. The van der Waals surface area contributed by atoms with Crippen LogP contribution in [0.4, 0.5) is 17.6 Å². The molecular weight excluding hydrogens is 234 g/mol. The van der Waals surface area contributed by atoms with E-state index in [4.69, 9.17) is 0 Å². The SMILES string of the molecule is C[C@@H](NCCCC(F)(F)F)c1cccc(F)c1. The maximum atomic E-state index is 12.9. The fourth-order valence-electron chi connectivity index (χ4n) is 1.50. The third-order valence-corrected chi connectivity index (χ3v) is 2.44. The summed E-state index contributed by atoms with van der Waals surface area (Å²) in [5.41, 5.74) is 0.733. The van der Waals surface area contributed by atoms with Gasteiger partial charge in [0, 0.05) is 12.5 Å². The molecule has 0 fully saturated rings. The van der Waals surface area contributed by atoms with Crippen molar-refractivity contribution in [3.63, 3.8) is 0 Å². The molecule has 1 atom stereocenters. The molecule has 96 valence electrons. The van der Waals surface area contributed by atoms with Crippen molar-refractivity contribution in [3.05, 3.63) is 35.6 Å². The number of hydrogen-bond acceptors (Lipinski definition) is 1. The minimum Gasteiger partial charge on any atom is -0.310 e. The lowest BCUT2D eigenvalue weighted by Gasteiger charge is -2.14. The zero-order chi connectivity index (χ0) is 12.9. The van der Waals surface area contributed by atoms with Crippen molar-refractivity contribution in [1.82, 2.24) is 5.32 Å². The van der Waals surface area contributed by atoms with Gasteiger partial charge in [0.15, 0.2) is 0 Å². The van der Waals surface area contributed by atoms with Gasteiger partial charge in [-0.3, -0.25) is 0 Å². The molecule has 0 aliphatic heterocycles. The van der Waals surface area contributed by atoms with E-state index in [9.17, 15) is 17.6 Å². The highest BCUT2D eigenvalue weighted by molar-refractivity contribution is 5.19. The molecule has 0 heterocycles. The van der Waals surface area contributed by atoms with E-state index >= 15 is 0 Å². The summed E-state index contributed by atoms with van der Waals surface area (Å²) >= 11 is 0. The van der Waals surface area contributed by atoms with E-state index in [1.807, 2.05) is 0 Å². The molecule has 5 heteroatoms. The summed E-state index contributed by atoms with van der Waals surface area (Å²) < 4.78 is 48.5. The number of alkyl halides is 3. The molecule has 1 N–H and O–H groups in total. The molecule has 0 aliphatic carbocycles. The third-order valence-electron chi connectivity index (χ3n) is 2.44. The predicted octanol–water partition coefficient (Wildman–Crippen LogP) is 3.82. The average Bonchev–Trinajstić information content (AvgIpc) is 2.23. The first-order valence-electron chi connectivity index (χ1n) is 5.44. The fourth-order valence-corrected chi connectivity index (χ4v) is 1.50. The second kappa shape index (κ2) is 6.00. The molecule has 0 saturated carbocycles. The highest BCUT2D eigenvalue weighted by Gasteiger charge is 2.25. The molecule has 0 aliphatic rings. The Morgan fingerprint density at radius 1 is 1.29 bits per heavy atom. The summed E-state index contributed by atoms with van der Waals surface area (Å²) in [5, 5.41) is 2.93. The second-order valence-corrected chi connectivity index (χ2v) is 3.95. The minimum atomic E-state index is -4.11. The number of hydrogen-bond donors (Lipinski definition) is 1. The van der Waals surface area contributed by atoms with E-state index in [2.05, 4.69) is 5.32 Å². The summed E-state index contributed by atoms with van der Waals surface area (Å²) in [7, 11) is 0. The zero-order valence-electron chi connectivity index (χ0n) is 9.52. The Labute approximate surface area is 97.8 Å². The number of halogens is 4. The van der Waals surface area contributed by atoms with E-state index in [1.165, 1.54) is 12.1 Å². The van der Waals surface area contributed by atoms with Crippen molar-refractivity contribution in [2.45, 2.75) is 32.0 Å². The lowest BCUT2D eigenvalue weighted by atomic mass is 10.1. The maximum absolute atomic E-state index is 12.9. The fraction of sp³-hybridized carbons (Fsp3) is 0.500. The topological polar surface area (TPSA) is 12.0 Å². The number of rotatable bonds is 5. The van der Waals surface area contributed by atoms with Crippen LogP contribution in [0.5, 0.6) is 0 Å². The Morgan fingerprint density at radius 2 is 2.00 bits per heavy atom. The molecule has 0 amide bonds. The van der Waals surface area contributed by atoms with Gasteiger partial charge in [-0.15, -0.1) is 0 Å². The first-order chi connectivity index (χ1) is 7.88. The molecule has 0 saturated heterocycles. The van der Waals surface area contributed by atoms with E-state index < -0.39 is 12.6 Å². The van der Waals surface area contributed by atoms with Crippen LogP contribution in [0, 0.1) is 5.82 Å². The predicted molar refractivity (Wildman–Crippen MR) is 58.1 cm³/mol. The van der Waals surface area contributed by atoms with E-state index in [1.54, 1.807) is 19.1 Å². The summed E-state index contributed by atoms with van der Waals surface area (Å²) in [4.78, 5) is 0. The summed E-state index contributed by atoms with van der Waals surface area (Å²) in [5.74, 6) is -0.341. The highest BCUT2D eigenvalue weighted by Crippen LogP contribution is 2.21. The van der Waals surface area contributed by atoms with Crippen molar-refractivity contribution in [2.24, 2.45) is 0 Å². The Hall–Kier alpha value is -1.10. The molecule has 0 spiro atoms. The van der Waals surface area contributed by atoms with Gasteiger partial charge in [-0.2, -0.15) is 13.2 Å². The van der Waals surface area contributed by atoms with Crippen molar-refractivity contribution >= 4 is 0 Å². The van der Waals surface area contributed by atoms with Crippen LogP contribution in [-0.2, 0) is 0 Å². The molecular formula is C12H15F4N. The largest absolute Gasteiger partial charge is 0.389 e. The third kappa shape index (κ3) is 5.68. The molecule has 0 aromatic heterocycles. The monoisotopic (exact) mass is 249 g/mol. The minimum absolute atomic E-state index is 0.0309. The number of nitrogens with one attached hydrogen (secondary N) is 1. The van der Waals surface area contributed by atoms with Crippen LogP contribution in [0.15, 0.2) is 24.3 Å². The second-order valence-electron chi connectivity index (χ2n) is 3.95. The van der Waals surface area contributed by atoms with E-state index in [0.29, 0.717) is 0 Å². The quantitative estimate of drug-likeness (QED) is 0.618. The summed E-state index contributed by atoms with van der Waals surface area (Å²) in [6, 6.07) is 5.88. The molecule has 1 rings (SSSR count). The van der Waals surface area contributed by atoms with Crippen LogP contribution >= 0.6 is 0 Å². The van der Waals surface area contributed by atoms with Gasteiger partial charge in [-0.05, 0) is 37.6 Å². The smallest absolute Gasteiger partial charge is 0.310 e. The number of benzene rings is 1. The molecule has 1 aromatic rings.